The minimum absolute atomic E-state index is 0.0835. The minimum Gasteiger partial charge on any atom is -0.744 e. The predicted molar refractivity (Wildman–Crippen MR) is 181 cm³/mol. The molecule has 12 nitrogen and oxygen atoms in total. The first-order valence-corrected chi connectivity index (χ1v) is 17.6. The zero-order valence-corrected chi connectivity index (χ0v) is 30.3. The van der Waals surface area contributed by atoms with E-state index in [0.29, 0.717) is 19.1 Å². The number of ether oxygens (including phenoxy) is 2. The highest BCUT2D eigenvalue weighted by Gasteiger charge is 2.29. The maximum absolute atomic E-state index is 11.8. The number of hydrogen-bond acceptors (Lipinski definition) is 9. The van der Waals surface area contributed by atoms with Gasteiger partial charge in [-0.3, -0.25) is 19.3 Å². The maximum atomic E-state index is 11.8. The summed E-state index contributed by atoms with van der Waals surface area (Å²) >= 11 is 0. The predicted octanol–water partition coefficient (Wildman–Crippen LogP) is 4.51. The monoisotopic (exact) mass is 694 g/mol. The van der Waals surface area contributed by atoms with Gasteiger partial charge in [-0.05, 0) is 62.8 Å². The van der Waals surface area contributed by atoms with Crippen LogP contribution in [0.25, 0.3) is 0 Å². The number of morpholine rings is 1. The summed E-state index contributed by atoms with van der Waals surface area (Å²) in [6.45, 7) is 16.8. The Balaban J connectivity index is 0.000000374. The van der Waals surface area contributed by atoms with E-state index in [2.05, 4.69) is 20.9 Å². The van der Waals surface area contributed by atoms with Gasteiger partial charge in [-0.25, -0.2) is 8.42 Å². The van der Waals surface area contributed by atoms with E-state index in [9.17, 15) is 27.4 Å². The number of likely N-dealkylation sites (N-methyl/N-ethyl adjacent to an activating group) is 1. The number of rotatable bonds is 14. The number of aryl methyl sites for hydroxylation is 1. The fraction of sp³-hybridized carbons (Fsp3) is 0.571. The molecule has 1 unspecified atom stereocenters. The second-order valence-electron chi connectivity index (χ2n) is 13.0. The molecule has 0 radical (unpaired) electrons. The lowest BCUT2D eigenvalue weighted by Gasteiger charge is -2.37. The van der Waals surface area contributed by atoms with Crippen molar-refractivity contribution in [2.45, 2.75) is 71.7 Å². The standard InChI is InChI=1S/C15H21NO4.C13H26NO3.C7H8O3S/c1-3-11(2)13-6-4-12(5-7-13)8-16(9-14(17)18)10-15(19)20;1-5-13(2,3)12(15)17-11-8-14(4)6-9-16-10-7-14;1-6-2-4-7(5-3-6)11(8,9)10/h4-7,11H,3,8-10H2,1-2H3,(H,17,18)(H,19,20);5-11H2,1-4H3;2-5H,1H3,(H,8,9,10)/q;+1;/p-1. The van der Waals surface area contributed by atoms with Crippen LogP contribution in [-0.4, -0.2) is 110 Å². The topological polar surface area (TPSA) is 171 Å². The summed E-state index contributed by atoms with van der Waals surface area (Å²) in [7, 11) is -2.07. The molecule has 0 amide bonds. The van der Waals surface area contributed by atoms with Crippen LogP contribution in [0.1, 0.15) is 70.1 Å². The molecule has 2 N–H and O–H groups in total. The molecule has 2 aromatic carbocycles. The van der Waals surface area contributed by atoms with Gasteiger partial charge in [0.25, 0.3) is 0 Å². The molecule has 1 heterocycles. The zero-order valence-electron chi connectivity index (χ0n) is 29.4. The second kappa shape index (κ2) is 20.2. The molecule has 0 bridgehead atoms. The largest absolute Gasteiger partial charge is 0.744 e. The number of aliphatic carboxylic acids is 2. The highest BCUT2D eigenvalue weighted by Crippen LogP contribution is 2.22. The second-order valence-corrected chi connectivity index (χ2v) is 14.4. The molecule has 1 aliphatic rings. The first kappa shape index (κ1) is 42.7. The van der Waals surface area contributed by atoms with E-state index in [1.165, 1.54) is 22.6 Å². The van der Waals surface area contributed by atoms with Crippen LogP contribution in [0.15, 0.2) is 53.4 Å². The molecule has 1 atom stereocenters. The van der Waals surface area contributed by atoms with E-state index in [4.69, 9.17) is 19.7 Å². The van der Waals surface area contributed by atoms with Crippen molar-refractivity contribution in [2.24, 2.45) is 5.41 Å². The van der Waals surface area contributed by atoms with Crippen molar-refractivity contribution in [1.82, 2.24) is 4.90 Å². The first-order valence-electron chi connectivity index (χ1n) is 16.2. The number of carboxylic acids is 2. The highest BCUT2D eigenvalue weighted by atomic mass is 32.2. The lowest BCUT2D eigenvalue weighted by Crippen LogP contribution is -2.53. The molecule has 1 aliphatic heterocycles. The van der Waals surface area contributed by atoms with Crippen LogP contribution in [0.2, 0.25) is 0 Å². The fourth-order valence-corrected chi connectivity index (χ4v) is 4.88. The number of benzene rings is 2. The fourth-order valence-electron chi connectivity index (χ4n) is 4.41. The smallest absolute Gasteiger partial charge is 0.317 e. The lowest BCUT2D eigenvalue weighted by molar-refractivity contribution is -0.917. The number of esters is 1. The van der Waals surface area contributed by atoms with Crippen LogP contribution < -0.4 is 0 Å². The molecule has 48 heavy (non-hydrogen) atoms. The zero-order chi connectivity index (χ0) is 36.5. The van der Waals surface area contributed by atoms with Gasteiger partial charge < -0.3 is 28.7 Å². The van der Waals surface area contributed by atoms with Gasteiger partial charge in [-0.1, -0.05) is 62.7 Å². The molecule has 1 saturated heterocycles. The van der Waals surface area contributed by atoms with Gasteiger partial charge in [0.05, 0.1) is 43.7 Å². The van der Waals surface area contributed by atoms with Crippen LogP contribution in [0.5, 0.6) is 0 Å². The minimum atomic E-state index is -4.27. The maximum Gasteiger partial charge on any atom is 0.317 e. The molecule has 2 aromatic rings. The van der Waals surface area contributed by atoms with Gasteiger partial charge in [0.2, 0.25) is 0 Å². The van der Waals surface area contributed by atoms with E-state index < -0.39 is 22.1 Å². The summed E-state index contributed by atoms with van der Waals surface area (Å²) in [5.41, 5.74) is 2.72. The van der Waals surface area contributed by atoms with Gasteiger partial charge in [-0.15, -0.1) is 0 Å². The number of carboxylic acid groups (broad SMARTS) is 2. The number of carbonyl (C=O) groups excluding carboxylic acids is 1. The molecule has 0 saturated carbocycles. The third-order valence-electron chi connectivity index (χ3n) is 8.45. The molecule has 0 spiro atoms. The van der Waals surface area contributed by atoms with Crippen LogP contribution in [0, 0.1) is 12.3 Å². The number of carbonyl (C=O) groups is 3. The average molecular weight is 695 g/mol. The molecular weight excluding hydrogens is 640 g/mol. The number of hydrogen-bond donors (Lipinski definition) is 2. The quantitative estimate of drug-likeness (QED) is 0.162. The van der Waals surface area contributed by atoms with Gasteiger partial charge in [0, 0.05) is 6.54 Å². The molecule has 1 fully saturated rings. The summed E-state index contributed by atoms with van der Waals surface area (Å²) in [6.07, 6.45) is 1.87. The van der Waals surface area contributed by atoms with Crippen molar-refractivity contribution in [2.75, 3.05) is 59.6 Å². The third-order valence-corrected chi connectivity index (χ3v) is 9.30. The molecule has 0 aliphatic carbocycles. The van der Waals surface area contributed by atoms with E-state index in [1.807, 2.05) is 52.0 Å². The number of nitrogens with zero attached hydrogens (tertiary/aromatic N) is 2. The van der Waals surface area contributed by atoms with Gasteiger partial charge in [-0.2, -0.15) is 0 Å². The molecule has 13 heteroatoms. The third kappa shape index (κ3) is 16.6. The normalized spacial score (nSPS) is 14.9. The van der Waals surface area contributed by atoms with Gasteiger partial charge in [0.15, 0.2) is 0 Å². The van der Waals surface area contributed by atoms with E-state index >= 15 is 0 Å². The van der Waals surface area contributed by atoms with E-state index in [1.54, 1.807) is 12.1 Å². The Labute approximate surface area is 286 Å². The Kier molecular flexibility index (Phi) is 18.0. The van der Waals surface area contributed by atoms with Crippen LogP contribution in [0.4, 0.5) is 0 Å². The van der Waals surface area contributed by atoms with Crippen molar-refractivity contribution >= 4 is 28.0 Å². The first-order chi connectivity index (χ1) is 22.3. The Morgan fingerprint density at radius 3 is 1.94 bits per heavy atom. The summed E-state index contributed by atoms with van der Waals surface area (Å²) in [6, 6.07) is 13.7. The van der Waals surface area contributed by atoms with Crippen LogP contribution in [-0.2, 0) is 40.5 Å². The summed E-state index contributed by atoms with van der Waals surface area (Å²) in [5.74, 6) is -1.65. The molecule has 0 aromatic heterocycles. The number of quaternary nitrogens is 1. The van der Waals surface area contributed by atoms with Gasteiger partial charge >= 0.3 is 17.9 Å². The van der Waals surface area contributed by atoms with Crippen LogP contribution >= 0.6 is 0 Å². The van der Waals surface area contributed by atoms with Crippen molar-refractivity contribution < 1.29 is 51.5 Å². The molecule has 270 valence electrons. The Bertz CT molecular complexity index is 1370. The van der Waals surface area contributed by atoms with Gasteiger partial charge in [0.1, 0.15) is 36.4 Å². The van der Waals surface area contributed by atoms with Crippen molar-refractivity contribution in [3.05, 3.63) is 65.2 Å². The molecule has 3 rings (SSSR count). The summed E-state index contributed by atoms with van der Waals surface area (Å²) < 4.78 is 42.8. The Morgan fingerprint density at radius 1 is 0.979 bits per heavy atom. The highest BCUT2D eigenvalue weighted by molar-refractivity contribution is 7.85. The van der Waals surface area contributed by atoms with Crippen molar-refractivity contribution in [3.63, 3.8) is 0 Å². The Hall–Kier alpha value is -3.36. The lowest BCUT2D eigenvalue weighted by atomic mass is 9.91. The van der Waals surface area contributed by atoms with E-state index in [-0.39, 0.29) is 29.4 Å². The summed E-state index contributed by atoms with van der Waals surface area (Å²) in [5, 5.41) is 17.6. The SMILES string of the molecule is CCC(C)(C)C(=O)OCC[N+]1(C)CCOCC1.CCC(C)c1ccc(CN(CC(=O)O)CC(=O)O)cc1.Cc1ccc(S(=O)(=O)[O-])cc1. The summed E-state index contributed by atoms with van der Waals surface area (Å²) in [4.78, 5) is 34.5. The Morgan fingerprint density at radius 2 is 1.50 bits per heavy atom. The van der Waals surface area contributed by atoms with E-state index in [0.717, 1.165) is 61.3 Å². The van der Waals surface area contributed by atoms with Crippen molar-refractivity contribution in [3.8, 4) is 0 Å². The average Bonchev–Trinajstić information content (AvgIpc) is 3.01. The van der Waals surface area contributed by atoms with Crippen LogP contribution in [0.3, 0.4) is 0 Å². The van der Waals surface area contributed by atoms with Crippen molar-refractivity contribution in [1.29, 1.82) is 0 Å². The molecular formula is C35H54N2O10S.